The fourth-order valence-corrected chi connectivity index (χ4v) is 2.14. The van der Waals surface area contributed by atoms with Gasteiger partial charge < -0.3 is 11.1 Å². The Bertz CT molecular complexity index is 337. The Kier molecular flexibility index (Phi) is 3.02. The molecular formula is C12H16N2O. The first-order valence-electron chi connectivity index (χ1n) is 5.32. The van der Waals surface area contributed by atoms with E-state index in [4.69, 9.17) is 5.73 Å². The molecule has 0 saturated carbocycles. The van der Waals surface area contributed by atoms with Gasteiger partial charge in [0.2, 0.25) is 5.91 Å². The van der Waals surface area contributed by atoms with Gasteiger partial charge in [-0.25, -0.2) is 0 Å². The summed E-state index contributed by atoms with van der Waals surface area (Å²) in [6.45, 7) is 1.66. The lowest BCUT2D eigenvalue weighted by atomic mass is 9.85. The van der Waals surface area contributed by atoms with E-state index in [9.17, 15) is 4.79 Å². The van der Waals surface area contributed by atoms with Crippen molar-refractivity contribution in [2.45, 2.75) is 12.3 Å². The van der Waals surface area contributed by atoms with Crippen molar-refractivity contribution in [3.05, 3.63) is 35.9 Å². The number of nitrogens with two attached hydrogens (primary N) is 1. The van der Waals surface area contributed by atoms with E-state index in [-0.39, 0.29) is 11.8 Å². The van der Waals surface area contributed by atoms with Gasteiger partial charge in [-0.05, 0) is 17.9 Å². The molecule has 0 unspecified atom stereocenters. The first kappa shape index (κ1) is 10.2. The third kappa shape index (κ3) is 2.36. The number of carbonyl (C=O) groups excluding carboxylic acids is 1. The summed E-state index contributed by atoms with van der Waals surface area (Å²) in [5.74, 6) is 0.199. The minimum Gasteiger partial charge on any atom is -0.369 e. The van der Waals surface area contributed by atoms with E-state index in [2.05, 4.69) is 17.4 Å². The maximum absolute atomic E-state index is 11.1. The lowest BCUT2D eigenvalue weighted by Crippen LogP contribution is -2.41. The fraction of sp³-hybridized carbons (Fsp3) is 0.417. The van der Waals surface area contributed by atoms with Crippen LogP contribution in [-0.4, -0.2) is 19.0 Å². The van der Waals surface area contributed by atoms with Gasteiger partial charge in [0.05, 0.1) is 5.92 Å². The monoisotopic (exact) mass is 204 g/mol. The van der Waals surface area contributed by atoms with Crippen molar-refractivity contribution in [3.8, 4) is 0 Å². The zero-order valence-electron chi connectivity index (χ0n) is 8.65. The van der Waals surface area contributed by atoms with Gasteiger partial charge in [-0.2, -0.15) is 0 Å². The summed E-state index contributed by atoms with van der Waals surface area (Å²) in [5.41, 5.74) is 6.62. The van der Waals surface area contributed by atoms with Crippen molar-refractivity contribution in [1.29, 1.82) is 0 Å². The summed E-state index contributed by atoms with van der Waals surface area (Å²) in [4.78, 5) is 11.1. The van der Waals surface area contributed by atoms with E-state index >= 15 is 0 Å². The average Bonchev–Trinajstić information content (AvgIpc) is 2.30. The molecule has 2 rings (SSSR count). The van der Waals surface area contributed by atoms with Crippen LogP contribution < -0.4 is 11.1 Å². The highest BCUT2D eigenvalue weighted by Gasteiger charge is 2.25. The molecule has 0 radical (unpaired) electrons. The van der Waals surface area contributed by atoms with Crippen LogP contribution in [0.25, 0.3) is 0 Å². The number of amides is 1. The molecule has 1 saturated heterocycles. The van der Waals surface area contributed by atoms with Gasteiger partial charge in [0, 0.05) is 13.1 Å². The van der Waals surface area contributed by atoms with Crippen molar-refractivity contribution in [2.24, 2.45) is 11.7 Å². The normalized spacial score (nSPS) is 26.1. The summed E-state index contributed by atoms with van der Waals surface area (Å²) in [6, 6.07) is 10.3. The van der Waals surface area contributed by atoms with Crippen LogP contribution in [0.4, 0.5) is 0 Å². The van der Waals surface area contributed by atoms with Gasteiger partial charge >= 0.3 is 0 Å². The van der Waals surface area contributed by atoms with Crippen molar-refractivity contribution >= 4 is 5.91 Å². The number of benzene rings is 1. The molecule has 1 aromatic carbocycles. The zero-order valence-corrected chi connectivity index (χ0v) is 8.65. The predicted octanol–water partition coefficient (Wildman–Crippen LogP) is 0.865. The van der Waals surface area contributed by atoms with E-state index in [0.717, 1.165) is 19.5 Å². The highest BCUT2D eigenvalue weighted by Crippen LogP contribution is 2.25. The van der Waals surface area contributed by atoms with Crippen LogP contribution in [0.1, 0.15) is 17.9 Å². The summed E-state index contributed by atoms with van der Waals surface area (Å²) in [7, 11) is 0. The Labute approximate surface area is 89.7 Å². The van der Waals surface area contributed by atoms with Gasteiger partial charge in [0.15, 0.2) is 0 Å². The van der Waals surface area contributed by atoms with E-state index < -0.39 is 0 Å². The van der Waals surface area contributed by atoms with Crippen LogP contribution in [0.2, 0.25) is 0 Å². The van der Waals surface area contributed by atoms with E-state index in [1.165, 1.54) is 5.56 Å². The number of rotatable bonds is 2. The molecule has 15 heavy (non-hydrogen) atoms. The third-order valence-electron chi connectivity index (χ3n) is 3.02. The molecule has 3 nitrogen and oxygen atoms in total. The maximum Gasteiger partial charge on any atom is 0.221 e. The van der Waals surface area contributed by atoms with Crippen molar-refractivity contribution < 1.29 is 4.79 Å². The van der Waals surface area contributed by atoms with Crippen LogP contribution >= 0.6 is 0 Å². The minimum atomic E-state index is -0.192. The smallest absolute Gasteiger partial charge is 0.221 e. The molecule has 0 aliphatic carbocycles. The third-order valence-corrected chi connectivity index (χ3v) is 3.02. The number of piperidine rings is 1. The molecular weight excluding hydrogens is 188 g/mol. The average molecular weight is 204 g/mol. The first-order valence-corrected chi connectivity index (χ1v) is 5.32. The highest BCUT2D eigenvalue weighted by molar-refractivity contribution is 5.77. The van der Waals surface area contributed by atoms with Crippen LogP contribution in [-0.2, 0) is 4.79 Å². The van der Waals surface area contributed by atoms with Gasteiger partial charge in [-0.15, -0.1) is 0 Å². The van der Waals surface area contributed by atoms with Gasteiger partial charge in [0.25, 0.3) is 0 Å². The molecule has 80 valence electrons. The highest BCUT2D eigenvalue weighted by atomic mass is 16.1. The Morgan fingerprint density at radius 3 is 2.67 bits per heavy atom. The number of hydrogen-bond acceptors (Lipinski definition) is 2. The van der Waals surface area contributed by atoms with Crippen LogP contribution in [0.15, 0.2) is 30.3 Å². The van der Waals surface area contributed by atoms with Gasteiger partial charge in [-0.3, -0.25) is 4.79 Å². The minimum absolute atomic E-state index is 0.0241. The largest absolute Gasteiger partial charge is 0.369 e. The van der Waals surface area contributed by atoms with E-state index in [1.807, 2.05) is 18.2 Å². The Morgan fingerprint density at radius 2 is 2.00 bits per heavy atom. The second-order valence-corrected chi connectivity index (χ2v) is 4.10. The fourth-order valence-electron chi connectivity index (χ4n) is 2.14. The first-order chi connectivity index (χ1) is 7.27. The lowest BCUT2D eigenvalue weighted by Gasteiger charge is -2.28. The SMILES string of the molecule is NC(=O)[C@H]1CNC[C@H](c2ccccc2)C1. The summed E-state index contributed by atoms with van der Waals surface area (Å²) >= 11 is 0. The number of carbonyl (C=O) groups is 1. The van der Waals surface area contributed by atoms with Gasteiger partial charge in [-0.1, -0.05) is 30.3 Å². The molecule has 3 heteroatoms. The van der Waals surface area contributed by atoms with Crippen molar-refractivity contribution in [1.82, 2.24) is 5.32 Å². The second kappa shape index (κ2) is 4.45. The molecule has 2 atom stereocenters. The molecule has 1 aromatic rings. The van der Waals surface area contributed by atoms with Crippen molar-refractivity contribution in [2.75, 3.05) is 13.1 Å². The standard InChI is InChI=1S/C12H16N2O/c13-12(15)11-6-10(7-14-8-11)9-4-2-1-3-5-9/h1-5,10-11,14H,6-8H2,(H2,13,15)/t10-,11-/m1/s1. The number of nitrogens with one attached hydrogen (secondary N) is 1. The topological polar surface area (TPSA) is 55.1 Å². The molecule has 0 bridgehead atoms. The summed E-state index contributed by atoms with van der Waals surface area (Å²) < 4.78 is 0. The second-order valence-electron chi connectivity index (χ2n) is 4.10. The predicted molar refractivity (Wildman–Crippen MR) is 59.4 cm³/mol. The molecule has 3 N–H and O–H groups in total. The molecule has 1 heterocycles. The van der Waals surface area contributed by atoms with E-state index in [0.29, 0.717) is 5.92 Å². The molecule has 1 aliphatic rings. The van der Waals surface area contributed by atoms with Crippen LogP contribution in [0.5, 0.6) is 0 Å². The molecule has 1 amide bonds. The quantitative estimate of drug-likeness (QED) is 0.751. The van der Waals surface area contributed by atoms with Gasteiger partial charge in [0.1, 0.15) is 0 Å². The van der Waals surface area contributed by atoms with Crippen molar-refractivity contribution in [3.63, 3.8) is 0 Å². The zero-order chi connectivity index (χ0) is 10.7. The Hall–Kier alpha value is -1.35. The molecule has 0 spiro atoms. The van der Waals surface area contributed by atoms with E-state index in [1.54, 1.807) is 0 Å². The maximum atomic E-state index is 11.1. The molecule has 1 aliphatic heterocycles. The Balaban J connectivity index is 2.08. The Morgan fingerprint density at radius 1 is 1.27 bits per heavy atom. The van der Waals surface area contributed by atoms with Crippen LogP contribution in [0.3, 0.4) is 0 Å². The van der Waals surface area contributed by atoms with Crippen LogP contribution in [0, 0.1) is 5.92 Å². The number of hydrogen-bond donors (Lipinski definition) is 2. The summed E-state index contributed by atoms with van der Waals surface area (Å²) in [5, 5.41) is 3.26. The molecule has 0 aromatic heterocycles. The molecule has 1 fully saturated rings. The summed E-state index contributed by atoms with van der Waals surface area (Å²) in [6.07, 6.45) is 0.867. The number of primary amides is 1. The lowest BCUT2D eigenvalue weighted by molar-refractivity contribution is -0.122.